The third kappa shape index (κ3) is 5.50. The number of rotatable bonds is 4. The van der Waals surface area contributed by atoms with E-state index < -0.39 is 121 Å². The molecule has 0 amide bonds. The molecule has 0 saturated heterocycles. The Labute approximate surface area is 324 Å². The molecule has 0 saturated carbocycles. The van der Waals surface area contributed by atoms with Gasteiger partial charge in [-0.1, -0.05) is 36.4 Å². The van der Waals surface area contributed by atoms with Crippen molar-refractivity contribution >= 4 is 50.9 Å². The minimum absolute atomic E-state index is 0.292. The van der Waals surface area contributed by atoms with E-state index in [-0.39, 0.29) is 11.1 Å². The zero-order chi connectivity index (χ0) is 42.0. The summed E-state index contributed by atoms with van der Waals surface area (Å²) in [6.07, 6.45) is 0. The maximum Gasteiger partial charge on any atom is 0.584 e. The number of fused-ring (bicyclic) bond motifs is 9. The van der Waals surface area contributed by atoms with E-state index in [2.05, 4.69) is 0 Å². The highest BCUT2D eigenvalue weighted by Crippen LogP contribution is 2.63. The molecule has 0 radical (unpaired) electrons. The molecule has 0 atom stereocenters. The smallest absolute Gasteiger partial charge is 0.497 e. The monoisotopic (exact) mass is 840 g/mol. The Bertz CT molecular complexity index is 3050. The largest absolute Gasteiger partial charge is 0.584 e. The zero-order valence-electron chi connectivity index (χ0n) is 29.6. The molecule has 6 nitrogen and oxygen atoms in total. The zero-order valence-corrected chi connectivity index (χ0v) is 30.5. The highest BCUT2D eigenvalue weighted by atomic mass is 31.2. The van der Waals surface area contributed by atoms with Crippen LogP contribution in [0.3, 0.4) is 0 Å². The fraction of sp³-hybridized carbons (Fsp3) is 0.0476. The lowest BCUT2D eigenvalue weighted by molar-refractivity contribution is 0.294. The Morgan fingerprint density at radius 3 is 1.10 bits per heavy atom. The summed E-state index contributed by atoms with van der Waals surface area (Å²) in [5.74, 6) is -25.6. The average molecular weight is 841 g/mol. The van der Waals surface area contributed by atoms with Crippen molar-refractivity contribution in [3.05, 3.63) is 131 Å². The van der Waals surface area contributed by atoms with Crippen molar-refractivity contribution in [3.8, 4) is 56.4 Å². The van der Waals surface area contributed by atoms with Crippen LogP contribution < -0.4 is 18.5 Å². The number of phosphoric acid groups is 1. The second-order valence-corrected chi connectivity index (χ2v) is 14.6. The predicted molar refractivity (Wildman–Crippen MR) is 197 cm³/mol. The first-order valence-electron chi connectivity index (χ1n) is 17.0. The summed E-state index contributed by atoms with van der Waals surface area (Å²) in [6.45, 7) is 0. The molecule has 59 heavy (non-hydrogen) atoms. The van der Waals surface area contributed by atoms with Gasteiger partial charge in [0.15, 0.2) is 58.0 Å². The Kier molecular flexibility index (Phi) is 8.55. The molecule has 0 bridgehead atoms. The summed E-state index contributed by atoms with van der Waals surface area (Å²) in [6, 6.07) is 16.4. The van der Waals surface area contributed by atoms with Gasteiger partial charge in [0.2, 0.25) is 0 Å². The van der Waals surface area contributed by atoms with Gasteiger partial charge in [-0.3, -0.25) is 4.89 Å². The van der Waals surface area contributed by atoms with Crippen LogP contribution in [0, 0.1) is 58.2 Å². The summed E-state index contributed by atoms with van der Waals surface area (Å²) in [5, 5.41) is -5.24. The van der Waals surface area contributed by atoms with Gasteiger partial charge in [0.1, 0.15) is 23.1 Å². The van der Waals surface area contributed by atoms with Crippen LogP contribution in [-0.4, -0.2) is 19.1 Å². The molecule has 0 fully saturated rings. The van der Waals surface area contributed by atoms with E-state index in [0.717, 1.165) is 12.1 Å². The first-order chi connectivity index (χ1) is 28.1. The molecule has 0 spiro atoms. The molecule has 17 heteroatoms. The Morgan fingerprint density at radius 1 is 0.424 bits per heavy atom. The summed E-state index contributed by atoms with van der Waals surface area (Å²) in [5.41, 5.74) is -5.64. The van der Waals surface area contributed by atoms with Gasteiger partial charge in [0.05, 0.1) is 36.1 Å². The van der Waals surface area contributed by atoms with Gasteiger partial charge in [0, 0.05) is 21.9 Å². The Morgan fingerprint density at radius 2 is 0.746 bits per heavy atom. The number of methoxy groups -OCH3 is 2. The molecule has 0 aromatic heterocycles. The van der Waals surface area contributed by atoms with Crippen LogP contribution in [0.15, 0.2) is 72.8 Å². The van der Waals surface area contributed by atoms with E-state index in [1.807, 2.05) is 0 Å². The average Bonchev–Trinajstić information content (AvgIpc) is 3.34. The number of hydrogen-bond acceptors (Lipinski definition) is 5. The van der Waals surface area contributed by atoms with Crippen LogP contribution in [0.2, 0.25) is 0 Å². The third-order valence-electron chi connectivity index (χ3n) is 10.2. The van der Waals surface area contributed by atoms with Crippen LogP contribution in [0.4, 0.5) is 43.9 Å². The van der Waals surface area contributed by atoms with E-state index in [1.54, 1.807) is 12.1 Å². The molecular weight excluding hydrogens is 821 g/mol. The van der Waals surface area contributed by atoms with Gasteiger partial charge in [-0.05, 0) is 69.1 Å². The van der Waals surface area contributed by atoms with Crippen molar-refractivity contribution in [1.29, 1.82) is 0 Å². The molecular formula is C42H19F10O6P. The third-order valence-corrected chi connectivity index (χ3v) is 11.0. The lowest BCUT2D eigenvalue weighted by Crippen LogP contribution is -2.07. The van der Waals surface area contributed by atoms with Gasteiger partial charge >= 0.3 is 7.82 Å². The molecule has 1 aliphatic rings. The van der Waals surface area contributed by atoms with Crippen LogP contribution in [0.1, 0.15) is 0 Å². The van der Waals surface area contributed by atoms with E-state index in [4.69, 9.17) is 18.5 Å². The van der Waals surface area contributed by atoms with Crippen molar-refractivity contribution in [3.63, 3.8) is 0 Å². The lowest BCUT2D eigenvalue weighted by Gasteiger charge is -2.21. The number of benzene rings is 8. The first kappa shape index (κ1) is 38.0. The molecule has 0 aliphatic carbocycles. The van der Waals surface area contributed by atoms with Crippen LogP contribution in [-0.2, 0) is 4.57 Å². The summed E-state index contributed by atoms with van der Waals surface area (Å²) in [7, 11) is -3.18. The standard InChI is InChI=1S/C42H19F10O6P/c1-55-21-9-7-15-11-19(5-3-17(15)13-21)23-31(43)29-25(33(45)37(49)39(51)35(29)47)27-28-26-30(36(48)40(52)38(50)34(26)46)32(44)24(42(28)58-59(53,54)57-41(23)27)20-6-4-18-14-22(56-2)10-8-16(18)12-20/h3-14H,1-2H3,(H,53,54). The quantitative estimate of drug-likeness (QED) is 0.0823. The van der Waals surface area contributed by atoms with Crippen LogP contribution in [0.25, 0.3) is 76.5 Å². The molecule has 1 heterocycles. The van der Waals surface area contributed by atoms with E-state index in [9.17, 15) is 9.46 Å². The summed E-state index contributed by atoms with van der Waals surface area (Å²) >= 11 is 0. The predicted octanol–water partition coefficient (Wildman–Crippen LogP) is 12.6. The fourth-order valence-electron chi connectivity index (χ4n) is 7.51. The summed E-state index contributed by atoms with van der Waals surface area (Å²) < 4.78 is 194. The minimum Gasteiger partial charge on any atom is -0.497 e. The second-order valence-electron chi connectivity index (χ2n) is 13.3. The van der Waals surface area contributed by atoms with E-state index >= 15 is 43.9 Å². The molecule has 0 unspecified atom stereocenters. The van der Waals surface area contributed by atoms with Gasteiger partial charge in [-0.25, -0.2) is 48.5 Å². The molecule has 9 rings (SSSR count). The maximum absolute atomic E-state index is 17.0. The number of ether oxygens (including phenoxy) is 2. The minimum atomic E-state index is -5.93. The molecule has 8 aromatic rings. The van der Waals surface area contributed by atoms with Crippen molar-refractivity contribution in [2.45, 2.75) is 0 Å². The van der Waals surface area contributed by atoms with Gasteiger partial charge in [-0.15, -0.1) is 0 Å². The highest BCUT2D eigenvalue weighted by molar-refractivity contribution is 7.48. The van der Waals surface area contributed by atoms with Crippen LogP contribution in [0.5, 0.6) is 23.0 Å². The lowest BCUT2D eigenvalue weighted by atomic mass is 9.84. The van der Waals surface area contributed by atoms with Gasteiger partial charge in [0.25, 0.3) is 0 Å². The van der Waals surface area contributed by atoms with Crippen molar-refractivity contribution in [2.24, 2.45) is 0 Å². The summed E-state index contributed by atoms with van der Waals surface area (Å²) in [4.78, 5) is 11.3. The van der Waals surface area contributed by atoms with Crippen molar-refractivity contribution in [1.82, 2.24) is 0 Å². The number of phosphoric ester groups is 1. The molecule has 298 valence electrons. The van der Waals surface area contributed by atoms with Gasteiger partial charge in [-0.2, -0.15) is 0 Å². The topological polar surface area (TPSA) is 74.2 Å². The van der Waals surface area contributed by atoms with Crippen molar-refractivity contribution in [2.75, 3.05) is 14.2 Å². The van der Waals surface area contributed by atoms with Crippen molar-refractivity contribution < 1.29 is 71.9 Å². The molecule has 8 aromatic carbocycles. The Balaban J connectivity index is 1.55. The SMILES string of the molecule is COc1ccc2cc(-c3c4c(c5c(F)c(F)c(F)c(F)c5c3F)-c3c(c(-c5ccc6cc(OC)ccc6c5)c(F)c5c(F)c(F)c(F)c(F)c35)OP(=O)(O)O4)ccc2c1. The second kappa shape index (κ2) is 13.3. The Hall–Kier alpha value is -6.51. The fourth-order valence-corrected chi connectivity index (χ4v) is 8.37. The number of halogens is 10. The normalized spacial score (nSPS) is 13.3. The van der Waals surface area contributed by atoms with E-state index in [0.29, 0.717) is 33.0 Å². The van der Waals surface area contributed by atoms with E-state index in [1.165, 1.54) is 62.8 Å². The van der Waals surface area contributed by atoms with Gasteiger partial charge < -0.3 is 18.5 Å². The first-order valence-corrected chi connectivity index (χ1v) is 18.5. The van der Waals surface area contributed by atoms with Crippen LogP contribution >= 0.6 is 7.82 Å². The molecule has 1 N–H and O–H groups in total. The maximum atomic E-state index is 17.0. The molecule has 1 aliphatic heterocycles. The highest BCUT2D eigenvalue weighted by Gasteiger charge is 2.44. The number of hydrogen-bond donors (Lipinski definition) is 1.